The quantitative estimate of drug-likeness (QED) is 0.561. The van der Waals surface area contributed by atoms with Gasteiger partial charge in [0.25, 0.3) is 0 Å². The van der Waals surface area contributed by atoms with Gasteiger partial charge in [-0.05, 0) is 18.9 Å². The molecule has 0 bridgehead atoms. The molecule has 0 atom stereocenters. The number of nitrogens with zero attached hydrogens (tertiary/aromatic N) is 1. The zero-order valence-corrected chi connectivity index (χ0v) is 8.27. The Morgan fingerprint density at radius 3 is 2.69 bits per heavy atom. The van der Waals surface area contributed by atoms with Crippen molar-refractivity contribution in [1.29, 1.82) is 0 Å². The second kappa shape index (κ2) is 3.28. The van der Waals surface area contributed by atoms with Crippen molar-refractivity contribution in [3.05, 3.63) is 28.0 Å². The molecule has 4 heteroatoms. The molecule has 2 nitrogen and oxygen atoms in total. The van der Waals surface area contributed by atoms with E-state index in [0.717, 1.165) is 12.8 Å². The van der Waals surface area contributed by atoms with Gasteiger partial charge in [0.1, 0.15) is 5.15 Å². The molecule has 1 aromatic heterocycles. The minimum atomic E-state index is 0.131. The van der Waals surface area contributed by atoms with E-state index in [0.29, 0.717) is 10.6 Å². The van der Waals surface area contributed by atoms with Crippen LogP contribution in [0, 0.1) is 5.92 Å². The van der Waals surface area contributed by atoms with E-state index in [4.69, 9.17) is 23.2 Å². The first kappa shape index (κ1) is 8.97. The second-order valence-corrected chi connectivity index (χ2v) is 3.90. The molecule has 1 heterocycles. The standard InChI is InChI=1S/C9H7Cl2NO/c10-7-3-6(4-12-9(7)11)8(13)5-1-2-5/h3-5H,1-2H2. The number of pyridine rings is 1. The summed E-state index contributed by atoms with van der Waals surface area (Å²) in [5, 5.41) is 0.585. The number of hydrogen-bond donors (Lipinski definition) is 0. The average Bonchev–Trinajstić information content (AvgIpc) is 2.91. The summed E-state index contributed by atoms with van der Waals surface area (Å²) in [6.45, 7) is 0. The Balaban J connectivity index is 2.30. The van der Waals surface area contributed by atoms with E-state index in [1.165, 1.54) is 6.20 Å². The van der Waals surface area contributed by atoms with E-state index < -0.39 is 0 Å². The number of carbonyl (C=O) groups excluding carboxylic acids is 1. The normalized spacial score (nSPS) is 15.8. The summed E-state index contributed by atoms with van der Waals surface area (Å²) in [5.41, 5.74) is 0.567. The van der Waals surface area contributed by atoms with Crippen LogP contribution in [0.25, 0.3) is 0 Å². The van der Waals surface area contributed by atoms with Crippen molar-refractivity contribution in [3.8, 4) is 0 Å². The first-order valence-corrected chi connectivity index (χ1v) is 4.79. The van der Waals surface area contributed by atoms with Crippen molar-refractivity contribution >= 4 is 29.0 Å². The van der Waals surface area contributed by atoms with Gasteiger partial charge in [-0.1, -0.05) is 23.2 Å². The minimum absolute atomic E-state index is 0.131. The SMILES string of the molecule is O=C(c1cnc(Cl)c(Cl)c1)C1CC1. The van der Waals surface area contributed by atoms with Crippen LogP contribution in [-0.2, 0) is 0 Å². The number of ketones is 1. The summed E-state index contributed by atoms with van der Waals surface area (Å²) in [7, 11) is 0. The molecular weight excluding hydrogens is 209 g/mol. The monoisotopic (exact) mass is 215 g/mol. The highest BCUT2D eigenvalue weighted by atomic mass is 35.5. The van der Waals surface area contributed by atoms with Crippen LogP contribution in [0.15, 0.2) is 12.3 Å². The highest BCUT2D eigenvalue weighted by Gasteiger charge is 2.30. The summed E-state index contributed by atoms with van der Waals surface area (Å²) in [5.74, 6) is 0.324. The molecule has 0 saturated heterocycles. The topological polar surface area (TPSA) is 30.0 Å². The van der Waals surface area contributed by atoms with Crippen molar-refractivity contribution in [2.45, 2.75) is 12.8 Å². The molecule has 2 rings (SSSR count). The number of hydrogen-bond acceptors (Lipinski definition) is 2. The smallest absolute Gasteiger partial charge is 0.167 e. The fourth-order valence-corrected chi connectivity index (χ4v) is 1.41. The Hall–Kier alpha value is -0.600. The van der Waals surface area contributed by atoms with Crippen LogP contribution in [0.3, 0.4) is 0 Å². The predicted molar refractivity (Wildman–Crippen MR) is 51.3 cm³/mol. The lowest BCUT2D eigenvalue weighted by Gasteiger charge is -1.99. The van der Waals surface area contributed by atoms with E-state index in [1.807, 2.05) is 0 Å². The number of halogens is 2. The van der Waals surface area contributed by atoms with E-state index in [2.05, 4.69) is 4.98 Å². The predicted octanol–water partition coefficient (Wildman–Crippen LogP) is 2.98. The summed E-state index contributed by atoms with van der Waals surface area (Å²) < 4.78 is 0. The van der Waals surface area contributed by atoms with Crippen LogP contribution in [-0.4, -0.2) is 10.8 Å². The van der Waals surface area contributed by atoms with Gasteiger partial charge in [-0.25, -0.2) is 4.98 Å². The molecule has 13 heavy (non-hydrogen) atoms. The maximum Gasteiger partial charge on any atom is 0.167 e. The van der Waals surface area contributed by atoms with Gasteiger partial charge in [-0.3, -0.25) is 4.79 Å². The van der Waals surface area contributed by atoms with Gasteiger partial charge in [0.15, 0.2) is 5.78 Å². The van der Waals surface area contributed by atoms with Crippen LogP contribution in [0.4, 0.5) is 0 Å². The van der Waals surface area contributed by atoms with Gasteiger partial charge in [-0.2, -0.15) is 0 Å². The maximum absolute atomic E-state index is 11.5. The van der Waals surface area contributed by atoms with Gasteiger partial charge in [0, 0.05) is 17.7 Å². The van der Waals surface area contributed by atoms with Crippen LogP contribution in [0.5, 0.6) is 0 Å². The van der Waals surface area contributed by atoms with Crippen LogP contribution >= 0.6 is 23.2 Å². The number of rotatable bonds is 2. The van der Waals surface area contributed by atoms with Gasteiger partial charge >= 0.3 is 0 Å². The molecular formula is C9H7Cl2NO. The third-order valence-corrected chi connectivity index (χ3v) is 2.71. The molecule has 1 aliphatic carbocycles. The van der Waals surface area contributed by atoms with Crippen LogP contribution in [0.2, 0.25) is 10.2 Å². The first-order valence-electron chi connectivity index (χ1n) is 4.04. The summed E-state index contributed by atoms with van der Waals surface area (Å²) in [4.78, 5) is 15.4. The highest BCUT2D eigenvalue weighted by Crippen LogP contribution is 2.33. The Morgan fingerprint density at radius 1 is 1.46 bits per heavy atom. The largest absolute Gasteiger partial charge is 0.294 e. The summed E-state index contributed by atoms with van der Waals surface area (Å²) in [6, 6.07) is 1.58. The van der Waals surface area contributed by atoms with Crippen molar-refractivity contribution in [1.82, 2.24) is 4.98 Å². The number of aromatic nitrogens is 1. The molecule has 1 saturated carbocycles. The van der Waals surface area contributed by atoms with E-state index in [1.54, 1.807) is 6.07 Å². The lowest BCUT2D eigenvalue weighted by Crippen LogP contribution is -2.01. The Kier molecular flexibility index (Phi) is 2.26. The maximum atomic E-state index is 11.5. The average molecular weight is 216 g/mol. The van der Waals surface area contributed by atoms with Crippen molar-refractivity contribution < 1.29 is 4.79 Å². The summed E-state index contributed by atoms with van der Waals surface area (Å²) in [6.07, 6.45) is 3.45. The fourth-order valence-electron chi connectivity index (χ4n) is 1.14. The zero-order chi connectivity index (χ0) is 9.42. The number of Topliss-reactive ketones (excluding diaryl/α,β-unsaturated/α-hetero) is 1. The molecule has 1 aromatic rings. The molecule has 0 aromatic carbocycles. The first-order chi connectivity index (χ1) is 6.18. The third-order valence-electron chi connectivity index (χ3n) is 2.03. The lowest BCUT2D eigenvalue weighted by molar-refractivity contribution is 0.0967. The third kappa shape index (κ3) is 1.84. The lowest BCUT2D eigenvalue weighted by atomic mass is 10.1. The van der Waals surface area contributed by atoms with E-state index in [-0.39, 0.29) is 16.9 Å². The molecule has 0 aliphatic heterocycles. The Bertz CT molecular complexity index is 361. The van der Waals surface area contributed by atoms with Crippen LogP contribution < -0.4 is 0 Å². The van der Waals surface area contributed by atoms with Crippen molar-refractivity contribution in [2.75, 3.05) is 0 Å². The Labute approximate surface area is 85.9 Å². The van der Waals surface area contributed by atoms with Crippen molar-refractivity contribution in [3.63, 3.8) is 0 Å². The molecule has 1 fully saturated rings. The van der Waals surface area contributed by atoms with Gasteiger partial charge in [-0.15, -0.1) is 0 Å². The molecule has 0 amide bonds. The molecule has 68 valence electrons. The van der Waals surface area contributed by atoms with Gasteiger partial charge in [0.05, 0.1) is 5.02 Å². The van der Waals surface area contributed by atoms with Crippen molar-refractivity contribution in [2.24, 2.45) is 5.92 Å². The van der Waals surface area contributed by atoms with E-state index >= 15 is 0 Å². The molecule has 0 radical (unpaired) electrons. The van der Waals surface area contributed by atoms with Gasteiger partial charge < -0.3 is 0 Å². The minimum Gasteiger partial charge on any atom is -0.294 e. The van der Waals surface area contributed by atoms with Gasteiger partial charge in [0.2, 0.25) is 0 Å². The Morgan fingerprint density at radius 2 is 2.15 bits per heavy atom. The molecule has 0 N–H and O–H groups in total. The number of carbonyl (C=O) groups is 1. The van der Waals surface area contributed by atoms with E-state index in [9.17, 15) is 4.79 Å². The van der Waals surface area contributed by atoms with Crippen LogP contribution in [0.1, 0.15) is 23.2 Å². The fraction of sp³-hybridized carbons (Fsp3) is 0.333. The molecule has 1 aliphatic rings. The second-order valence-electron chi connectivity index (χ2n) is 3.14. The molecule has 0 unspecified atom stereocenters. The molecule has 0 spiro atoms. The highest BCUT2D eigenvalue weighted by molar-refractivity contribution is 6.41. The zero-order valence-electron chi connectivity index (χ0n) is 6.76. The summed E-state index contributed by atoms with van der Waals surface area (Å²) >= 11 is 11.4.